The molecule has 3 rings (SSSR count). The van der Waals surface area contributed by atoms with Gasteiger partial charge in [-0.05, 0) is 38.5 Å². The van der Waals surface area contributed by atoms with Crippen LogP contribution in [-0.2, 0) is 4.74 Å². The number of likely N-dealkylation sites (tertiary alicyclic amines) is 1. The lowest BCUT2D eigenvalue weighted by molar-refractivity contribution is 0.0658. The molecule has 2 aromatic heterocycles. The van der Waals surface area contributed by atoms with E-state index in [1.807, 2.05) is 0 Å². The van der Waals surface area contributed by atoms with Gasteiger partial charge in [0.15, 0.2) is 0 Å². The molecule has 1 saturated heterocycles. The topological polar surface area (TPSA) is 92.6 Å². The van der Waals surface area contributed by atoms with Gasteiger partial charge in [-0.1, -0.05) is 0 Å². The molecule has 0 aromatic carbocycles. The second kappa shape index (κ2) is 7.12. The zero-order valence-electron chi connectivity index (χ0n) is 14.1. The Labute approximate surface area is 139 Å². The van der Waals surface area contributed by atoms with Crippen LogP contribution in [0.5, 0.6) is 0 Å². The molecule has 0 unspecified atom stereocenters. The van der Waals surface area contributed by atoms with E-state index in [1.54, 1.807) is 18.9 Å². The molecule has 1 aliphatic heterocycles. The summed E-state index contributed by atoms with van der Waals surface area (Å²) in [5, 5.41) is 2.81. The highest BCUT2D eigenvalue weighted by Gasteiger charge is 2.26. The molecule has 130 valence electrons. The minimum atomic E-state index is -0.396. The fourth-order valence-electron chi connectivity index (χ4n) is 3.28. The minimum Gasteiger partial charge on any atom is -0.385 e. The van der Waals surface area contributed by atoms with Crippen molar-refractivity contribution in [3.8, 4) is 0 Å². The molecule has 1 aliphatic rings. The quantitative estimate of drug-likeness (QED) is 0.824. The van der Waals surface area contributed by atoms with E-state index in [-0.39, 0.29) is 17.2 Å². The fraction of sp³-hybridized carbons (Fsp3) is 0.625. The van der Waals surface area contributed by atoms with Crippen LogP contribution in [0.15, 0.2) is 11.0 Å². The first-order chi connectivity index (χ1) is 11.6. The number of piperidine rings is 1. The van der Waals surface area contributed by atoms with Crippen molar-refractivity contribution in [3.63, 3.8) is 0 Å². The van der Waals surface area contributed by atoms with Crippen molar-refractivity contribution >= 4 is 11.7 Å². The zero-order chi connectivity index (χ0) is 17.1. The van der Waals surface area contributed by atoms with Crippen LogP contribution >= 0.6 is 0 Å². The number of rotatable bonds is 5. The third kappa shape index (κ3) is 3.33. The van der Waals surface area contributed by atoms with Gasteiger partial charge in [0.1, 0.15) is 11.4 Å². The Bertz CT molecular complexity index is 782. The Morgan fingerprint density at radius 3 is 3.12 bits per heavy atom. The highest BCUT2D eigenvalue weighted by atomic mass is 16.5. The van der Waals surface area contributed by atoms with Crippen LogP contribution < -0.4 is 5.56 Å². The number of hydrogen-bond donors (Lipinski definition) is 1. The Hall–Kier alpha value is -2.22. The van der Waals surface area contributed by atoms with Gasteiger partial charge in [-0.2, -0.15) is 9.50 Å². The molecule has 1 atom stereocenters. The molecule has 0 spiro atoms. The van der Waals surface area contributed by atoms with Crippen LogP contribution in [0.4, 0.5) is 0 Å². The number of H-pyrrole nitrogens is 1. The molecular formula is C16H23N5O3. The number of amides is 1. The molecule has 2 aromatic rings. The molecule has 3 heterocycles. The van der Waals surface area contributed by atoms with Crippen LogP contribution in [0.25, 0.3) is 5.78 Å². The van der Waals surface area contributed by atoms with E-state index in [0.29, 0.717) is 24.8 Å². The molecule has 0 saturated carbocycles. The average molecular weight is 333 g/mol. The molecule has 8 nitrogen and oxygen atoms in total. The Balaban J connectivity index is 1.76. The van der Waals surface area contributed by atoms with Crippen LogP contribution in [0.1, 0.15) is 41.9 Å². The summed E-state index contributed by atoms with van der Waals surface area (Å²) in [5.41, 5.74) is -0.305. The molecule has 0 aliphatic carbocycles. The van der Waals surface area contributed by atoms with Crippen molar-refractivity contribution in [1.82, 2.24) is 24.5 Å². The van der Waals surface area contributed by atoms with E-state index in [1.165, 1.54) is 10.7 Å². The molecule has 0 radical (unpaired) electrons. The monoisotopic (exact) mass is 333 g/mol. The largest absolute Gasteiger partial charge is 0.385 e. The van der Waals surface area contributed by atoms with Gasteiger partial charge in [-0.25, -0.2) is 4.98 Å². The minimum absolute atomic E-state index is 0.0914. The normalized spacial score (nSPS) is 18.2. The summed E-state index contributed by atoms with van der Waals surface area (Å²) in [5.74, 6) is 1.09. The molecule has 1 amide bonds. The predicted molar refractivity (Wildman–Crippen MR) is 88.1 cm³/mol. The van der Waals surface area contributed by atoms with Gasteiger partial charge in [-0.3, -0.25) is 14.7 Å². The third-order valence-electron chi connectivity index (χ3n) is 4.48. The van der Waals surface area contributed by atoms with E-state index in [9.17, 15) is 9.59 Å². The van der Waals surface area contributed by atoms with E-state index in [2.05, 4.69) is 15.1 Å². The van der Waals surface area contributed by atoms with Crippen LogP contribution in [0.2, 0.25) is 0 Å². The maximum absolute atomic E-state index is 12.8. The number of nitrogens with one attached hydrogen (secondary N) is 1. The summed E-state index contributed by atoms with van der Waals surface area (Å²) in [6.07, 6.45) is 5.45. The van der Waals surface area contributed by atoms with Gasteiger partial charge < -0.3 is 9.64 Å². The van der Waals surface area contributed by atoms with Crippen molar-refractivity contribution in [2.75, 3.05) is 26.8 Å². The maximum atomic E-state index is 12.8. The van der Waals surface area contributed by atoms with Crippen LogP contribution in [-0.4, -0.2) is 57.2 Å². The number of aromatic nitrogens is 4. The molecular weight excluding hydrogens is 310 g/mol. The summed E-state index contributed by atoms with van der Waals surface area (Å²) in [6, 6.07) is 0. The van der Waals surface area contributed by atoms with Crippen molar-refractivity contribution in [2.45, 2.75) is 32.6 Å². The lowest BCUT2D eigenvalue weighted by Gasteiger charge is -2.32. The summed E-state index contributed by atoms with van der Waals surface area (Å²) in [7, 11) is 1.70. The predicted octanol–water partition coefficient (Wildman–Crippen LogP) is 1.00. The Kier molecular flexibility index (Phi) is 4.94. The van der Waals surface area contributed by atoms with Crippen molar-refractivity contribution in [3.05, 3.63) is 27.9 Å². The number of nitrogens with zero attached hydrogens (tertiary/aromatic N) is 4. The van der Waals surface area contributed by atoms with Gasteiger partial charge in [0.2, 0.25) is 0 Å². The van der Waals surface area contributed by atoms with Gasteiger partial charge in [0.25, 0.3) is 17.2 Å². The number of carbonyl (C=O) groups is 1. The third-order valence-corrected chi connectivity index (χ3v) is 4.48. The number of aromatic amines is 1. The first-order valence-electron chi connectivity index (χ1n) is 8.32. The lowest BCUT2D eigenvalue weighted by atomic mass is 9.93. The standard InChI is InChI=1S/C16H23N5O3/c1-11-18-16-17-9-13(15(23)21(16)19-11)14(22)20-7-3-5-12(10-20)6-4-8-24-2/h9,12H,3-8,10H2,1-2H3,(H,17,18,19)/t12-/m0/s1. The van der Waals surface area contributed by atoms with Gasteiger partial charge in [0.05, 0.1) is 0 Å². The number of ether oxygens (including phenoxy) is 1. The smallest absolute Gasteiger partial charge is 0.286 e. The highest BCUT2D eigenvalue weighted by Crippen LogP contribution is 2.22. The SMILES string of the molecule is COCCC[C@@H]1CCCN(C(=O)c2cnc3nc(C)[nH]n3c2=O)C1. The van der Waals surface area contributed by atoms with Crippen LogP contribution in [0, 0.1) is 12.8 Å². The fourth-order valence-corrected chi connectivity index (χ4v) is 3.28. The van der Waals surface area contributed by atoms with Gasteiger partial charge in [-0.15, -0.1) is 0 Å². The van der Waals surface area contributed by atoms with E-state index >= 15 is 0 Å². The Morgan fingerprint density at radius 2 is 2.33 bits per heavy atom. The van der Waals surface area contributed by atoms with Crippen molar-refractivity contribution in [1.29, 1.82) is 0 Å². The maximum Gasteiger partial charge on any atom is 0.286 e. The molecule has 8 heteroatoms. The molecule has 0 bridgehead atoms. The molecule has 1 fully saturated rings. The summed E-state index contributed by atoms with van der Waals surface area (Å²) in [4.78, 5) is 35.3. The lowest BCUT2D eigenvalue weighted by Crippen LogP contribution is -2.42. The number of aryl methyl sites for hydroxylation is 1. The number of carbonyl (C=O) groups excluding carboxylic acids is 1. The summed E-state index contributed by atoms with van der Waals surface area (Å²) in [6.45, 7) is 3.85. The number of fused-ring (bicyclic) bond motifs is 1. The van der Waals surface area contributed by atoms with Crippen molar-refractivity contribution in [2.24, 2.45) is 5.92 Å². The number of methoxy groups -OCH3 is 1. The molecule has 1 N–H and O–H groups in total. The summed E-state index contributed by atoms with van der Waals surface area (Å²) >= 11 is 0. The second-order valence-electron chi connectivity index (χ2n) is 6.32. The molecule has 24 heavy (non-hydrogen) atoms. The second-order valence-corrected chi connectivity index (χ2v) is 6.32. The summed E-state index contributed by atoms with van der Waals surface area (Å²) < 4.78 is 6.32. The van der Waals surface area contributed by atoms with Gasteiger partial charge in [0, 0.05) is 33.0 Å². The van der Waals surface area contributed by atoms with E-state index in [0.717, 1.165) is 32.3 Å². The highest BCUT2D eigenvalue weighted by molar-refractivity contribution is 5.93. The number of hydrogen-bond acceptors (Lipinski definition) is 5. The van der Waals surface area contributed by atoms with Gasteiger partial charge >= 0.3 is 0 Å². The zero-order valence-corrected chi connectivity index (χ0v) is 14.1. The Morgan fingerprint density at radius 1 is 1.50 bits per heavy atom. The first-order valence-corrected chi connectivity index (χ1v) is 8.32. The van der Waals surface area contributed by atoms with Crippen molar-refractivity contribution < 1.29 is 9.53 Å². The first kappa shape index (κ1) is 16.6. The van der Waals surface area contributed by atoms with Crippen LogP contribution in [0.3, 0.4) is 0 Å². The average Bonchev–Trinajstić information content (AvgIpc) is 2.97. The van der Waals surface area contributed by atoms with E-state index in [4.69, 9.17) is 4.74 Å². The van der Waals surface area contributed by atoms with E-state index < -0.39 is 5.56 Å².